The van der Waals surface area contributed by atoms with Crippen LogP contribution in [0.1, 0.15) is 31.4 Å². The molecule has 0 spiro atoms. The largest absolute Gasteiger partial charge is 0.370 e. The summed E-state index contributed by atoms with van der Waals surface area (Å²) in [6.07, 6.45) is 4.77. The number of anilines is 3. The lowest BCUT2D eigenvalue weighted by Gasteiger charge is -2.34. The number of hydrogen-bond donors (Lipinski definition) is 2. The van der Waals surface area contributed by atoms with Crippen molar-refractivity contribution in [3.63, 3.8) is 0 Å². The molecule has 2 aromatic heterocycles. The van der Waals surface area contributed by atoms with Crippen molar-refractivity contribution >= 4 is 45.9 Å². The van der Waals surface area contributed by atoms with Crippen LogP contribution in [0.5, 0.6) is 0 Å². The van der Waals surface area contributed by atoms with Crippen LogP contribution in [0, 0.1) is 6.92 Å². The number of piperazine rings is 1. The zero-order valence-corrected chi connectivity index (χ0v) is 23.8. The Morgan fingerprint density at radius 1 is 0.923 bits per heavy atom. The molecule has 39 heavy (non-hydrogen) atoms. The van der Waals surface area contributed by atoms with Crippen LogP contribution < -0.4 is 15.1 Å². The average Bonchev–Trinajstić information content (AvgIpc) is 3.72. The van der Waals surface area contributed by atoms with Gasteiger partial charge in [-0.1, -0.05) is 23.9 Å². The number of nitrogens with one attached hydrogen (secondary N) is 2. The molecule has 5 heterocycles. The second-order valence-corrected chi connectivity index (χ2v) is 12.0. The van der Waals surface area contributed by atoms with Crippen LogP contribution in [0.2, 0.25) is 0 Å². The van der Waals surface area contributed by atoms with Crippen LogP contribution in [0.25, 0.3) is 11.0 Å². The first kappa shape index (κ1) is 26.4. The van der Waals surface area contributed by atoms with Gasteiger partial charge in [-0.15, -0.1) is 0 Å². The maximum atomic E-state index is 13.3. The maximum absolute atomic E-state index is 13.3. The van der Waals surface area contributed by atoms with Crippen LogP contribution in [0.15, 0.2) is 35.5 Å². The Morgan fingerprint density at radius 2 is 1.62 bits per heavy atom. The number of carbonyl (C=O) groups is 1. The van der Waals surface area contributed by atoms with Crippen molar-refractivity contribution in [2.75, 3.05) is 86.3 Å². The Kier molecular flexibility index (Phi) is 8.22. The molecule has 3 aliphatic heterocycles. The minimum Gasteiger partial charge on any atom is -0.370 e. The number of hydrogen-bond acceptors (Lipinski definition) is 8. The van der Waals surface area contributed by atoms with E-state index in [0.717, 1.165) is 104 Å². The topological polar surface area (TPSA) is 83.6 Å². The van der Waals surface area contributed by atoms with E-state index < -0.39 is 0 Å². The molecule has 0 radical (unpaired) electrons. The third kappa shape index (κ3) is 6.34. The molecule has 3 aliphatic rings. The predicted molar refractivity (Wildman–Crippen MR) is 160 cm³/mol. The zero-order valence-electron chi connectivity index (χ0n) is 23.0. The number of amides is 1. The van der Waals surface area contributed by atoms with E-state index in [9.17, 15) is 4.79 Å². The van der Waals surface area contributed by atoms with Gasteiger partial charge in [0.25, 0.3) is 0 Å². The fourth-order valence-electron chi connectivity index (χ4n) is 5.95. The number of aryl methyl sites for hydroxylation is 1. The Morgan fingerprint density at radius 3 is 2.36 bits per heavy atom. The lowest BCUT2D eigenvalue weighted by molar-refractivity contribution is -0.117. The number of aromatic nitrogens is 3. The van der Waals surface area contributed by atoms with Gasteiger partial charge in [-0.3, -0.25) is 14.6 Å². The van der Waals surface area contributed by atoms with Gasteiger partial charge < -0.3 is 20.1 Å². The number of carbonyl (C=O) groups excluding carboxylic acids is 1. The first-order chi connectivity index (χ1) is 19.1. The van der Waals surface area contributed by atoms with Gasteiger partial charge in [-0.2, -0.15) is 0 Å². The monoisotopic (exact) mass is 548 g/mol. The van der Waals surface area contributed by atoms with Crippen molar-refractivity contribution in [2.24, 2.45) is 0 Å². The second kappa shape index (κ2) is 12.1. The minimum absolute atomic E-state index is 0.0652. The van der Waals surface area contributed by atoms with Crippen LogP contribution >= 0.6 is 11.8 Å². The highest BCUT2D eigenvalue weighted by Crippen LogP contribution is 2.38. The molecule has 1 amide bonds. The molecule has 0 atom stereocenters. The van der Waals surface area contributed by atoms with Gasteiger partial charge in [0.2, 0.25) is 5.91 Å². The maximum Gasteiger partial charge on any atom is 0.238 e. The van der Waals surface area contributed by atoms with Crippen LogP contribution in [0.3, 0.4) is 0 Å². The van der Waals surface area contributed by atoms with Gasteiger partial charge >= 0.3 is 0 Å². The van der Waals surface area contributed by atoms with Gasteiger partial charge in [-0.25, -0.2) is 9.97 Å². The van der Waals surface area contributed by atoms with Gasteiger partial charge in [0.15, 0.2) is 11.0 Å². The lowest BCUT2D eigenvalue weighted by atomic mass is 10.2. The first-order valence-electron chi connectivity index (χ1n) is 14.5. The molecule has 3 aromatic rings. The highest BCUT2D eigenvalue weighted by Gasteiger charge is 2.26. The molecule has 0 saturated carbocycles. The Bertz CT molecular complexity index is 1210. The highest BCUT2D eigenvalue weighted by molar-refractivity contribution is 7.99. The summed E-state index contributed by atoms with van der Waals surface area (Å²) < 4.78 is 0. The molecular formula is C29H40N8OS. The summed E-state index contributed by atoms with van der Waals surface area (Å²) in [6, 6.07) is 10.3. The molecule has 0 bridgehead atoms. The molecule has 1 aromatic carbocycles. The van der Waals surface area contributed by atoms with Gasteiger partial charge in [-0.05, 0) is 50.8 Å². The molecule has 0 aliphatic carbocycles. The number of rotatable bonds is 9. The van der Waals surface area contributed by atoms with E-state index in [2.05, 4.69) is 53.9 Å². The summed E-state index contributed by atoms with van der Waals surface area (Å²) in [4.78, 5) is 35.9. The number of pyridine rings is 1. The molecular weight excluding hydrogens is 508 g/mol. The quantitative estimate of drug-likeness (QED) is 0.391. The van der Waals surface area contributed by atoms with Gasteiger partial charge in [0.05, 0.1) is 23.3 Å². The summed E-state index contributed by atoms with van der Waals surface area (Å²) in [6.45, 7) is 11.4. The van der Waals surface area contributed by atoms with Crippen molar-refractivity contribution in [3.8, 4) is 0 Å². The fraction of sp³-hybridized carbons (Fsp3) is 0.552. The van der Waals surface area contributed by atoms with E-state index in [4.69, 9.17) is 4.98 Å². The number of fused-ring (bicyclic) bond motifs is 1. The summed E-state index contributed by atoms with van der Waals surface area (Å²) in [5.41, 5.74) is 5.19. The molecule has 208 valence electrons. The number of aromatic amines is 1. The zero-order chi connectivity index (χ0) is 26.6. The summed E-state index contributed by atoms with van der Waals surface area (Å²) in [7, 11) is 0. The summed E-state index contributed by atoms with van der Waals surface area (Å²) >= 11 is 1.78. The highest BCUT2D eigenvalue weighted by atomic mass is 32.2. The van der Waals surface area contributed by atoms with E-state index >= 15 is 0 Å². The average molecular weight is 549 g/mol. The second-order valence-electron chi connectivity index (χ2n) is 10.9. The number of thioether (sulfide) groups is 1. The predicted octanol–water partition coefficient (Wildman–Crippen LogP) is 3.82. The normalized spacial score (nSPS) is 18.9. The van der Waals surface area contributed by atoms with E-state index in [1.807, 2.05) is 18.2 Å². The Hall–Kier alpha value is -2.82. The molecule has 3 saturated heterocycles. The third-order valence-electron chi connectivity index (χ3n) is 8.07. The van der Waals surface area contributed by atoms with Gasteiger partial charge in [0.1, 0.15) is 5.69 Å². The molecule has 2 N–H and O–H groups in total. The number of benzene rings is 1. The molecule has 3 fully saturated rings. The third-order valence-corrected chi connectivity index (χ3v) is 8.92. The molecule has 6 rings (SSSR count). The summed E-state index contributed by atoms with van der Waals surface area (Å²) in [5.74, 6) is 2.02. The van der Waals surface area contributed by atoms with Crippen molar-refractivity contribution < 1.29 is 4.79 Å². The van der Waals surface area contributed by atoms with Gasteiger partial charge in [0, 0.05) is 70.3 Å². The van der Waals surface area contributed by atoms with E-state index in [1.54, 1.807) is 11.8 Å². The molecule has 10 heteroatoms. The van der Waals surface area contributed by atoms with E-state index in [-0.39, 0.29) is 5.91 Å². The van der Waals surface area contributed by atoms with Crippen molar-refractivity contribution in [2.45, 2.75) is 37.8 Å². The van der Waals surface area contributed by atoms with Crippen molar-refractivity contribution in [1.29, 1.82) is 0 Å². The number of para-hydroxylation sites is 2. The van der Waals surface area contributed by atoms with Crippen LogP contribution in [-0.4, -0.2) is 102 Å². The van der Waals surface area contributed by atoms with Crippen LogP contribution in [-0.2, 0) is 4.79 Å². The Balaban J connectivity index is 1.02. The number of H-pyrrole nitrogens is 1. The molecule has 0 unspecified atom stereocenters. The van der Waals surface area contributed by atoms with Crippen LogP contribution in [0.4, 0.5) is 17.2 Å². The van der Waals surface area contributed by atoms with E-state index in [0.29, 0.717) is 6.54 Å². The molecule has 9 nitrogen and oxygen atoms in total. The lowest BCUT2D eigenvalue weighted by Crippen LogP contribution is -2.49. The number of imidazole rings is 1. The smallest absolute Gasteiger partial charge is 0.238 e. The first-order valence-corrected chi connectivity index (χ1v) is 15.4. The van der Waals surface area contributed by atoms with Crippen molar-refractivity contribution in [3.05, 3.63) is 36.0 Å². The van der Waals surface area contributed by atoms with E-state index in [1.165, 1.54) is 25.7 Å². The Labute approximate surface area is 235 Å². The summed E-state index contributed by atoms with van der Waals surface area (Å²) in [5, 5.41) is 4.31. The standard InChI is InChI=1S/C29H40N8OS/c1-22-20-25(36-10-4-5-11-36)27(28(30-22)37-12-6-7-13-37)33-26(38)21-35-16-14-34(15-17-35)18-19-39-29-31-23-8-2-3-9-24(23)32-29/h2-3,8-9,20H,4-7,10-19,21H2,1H3,(H,31,32)(H,33,38). The fourth-order valence-corrected chi connectivity index (χ4v) is 6.84. The SMILES string of the molecule is Cc1cc(N2CCCC2)c(NC(=O)CN2CCN(CCSc3nc4ccccc4[nH]3)CC2)c(N2CCCC2)n1. The van der Waals surface area contributed by atoms with Crippen molar-refractivity contribution in [1.82, 2.24) is 24.8 Å². The number of nitrogens with zero attached hydrogens (tertiary/aromatic N) is 6. The minimum atomic E-state index is 0.0652.